The number of nitrogens with one attached hydrogen (secondary N) is 1. The zero-order chi connectivity index (χ0) is 23.4. The molecular formula is C24H22Br2N2O5. The van der Waals surface area contributed by atoms with E-state index in [9.17, 15) is 19.2 Å². The first-order valence-electron chi connectivity index (χ1n) is 10.9. The molecule has 2 aliphatic carbocycles. The first-order chi connectivity index (χ1) is 15.8. The van der Waals surface area contributed by atoms with Gasteiger partial charge in [0.05, 0.1) is 11.8 Å². The van der Waals surface area contributed by atoms with Crippen LogP contribution in [0.5, 0.6) is 0 Å². The summed E-state index contributed by atoms with van der Waals surface area (Å²) in [5.41, 5.74) is 0.615. The Labute approximate surface area is 207 Å². The third-order valence-corrected chi connectivity index (χ3v) is 10.4. The molecule has 1 aliphatic heterocycles. The van der Waals surface area contributed by atoms with Crippen LogP contribution in [0.15, 0.2) is 42.5 Å². The zero-order valence-corrected chi connectivity index (χ0v) is 20.9. The highest BCUT2D eigenvalue weighted by Crippen LogP contribution is 2.60. The van der Waals surface area contributed by atoms with Crippen LogP contribution >= 0.6 is 31.9 Å². The van der Waals surface area contributed by atoms with Crippen molar-refractivity contribution in [3.8, 4) is 0 Å². The van der Waals surface area contributed by atoms with E-state index in [0.717, 1.165) is 22.1 Å². The lowest BCUT2D eigenvalue weighted by Gasteiger charge is -2.28. The van der Waals surface area contributed by atoms with Crippen molar-refractivity contribution in [1.29, 1.82) is 0 Å². The minimum absolute atomic E-state index is 0.0699. The van der Waals surface area contributed by atoms with Crippen molar-refractivity contribution in [3.63, 3.8) is 0 Å². The molecule has 1 heterocycles. The average molecular weight is 578 g/mol. The molecule has 33 heavy (non-hydrogen) atoms. The van der Waals surface area contributed by atoms with Gasteiger partial charge in [0.2, 0.25) is 11.8 Å². The smallest absolute Gasteiger partial charge is 0.329 e. The molecular weight excluding hydrogens is 556 g/mol. The van der Waals surface area contributed by atoms with Gasteiger partial charge in [0, 0.05) is 20.7 Å². The maximum absolute atomic E-state index is 13.1. The Morgan fingerprint density at radius 2 is 1.64 bits per heavy atom. The van der Waals surface area contributed by atoms with Crippen molar-refractivity contribution in [2.24, 2.45) is 23.7 Å². The number of nitrogens with zero attached hydrogens (tertiary/aromatic N) is 1. The lowest BCUT2D eigenvalue weighted by Crippen LogP contribution is -2.45. The molecule has 0 radical (unpaired) electrons. The van der Waals surface area contributed by atoms with Gasteiger partial charge in [-0.25, -0.2) is 4.79 Å². The van der Waals surface area contributed by atoms with Crippen LogP contribution in [0.25, 0.3) is 10.8 Å². The highest BCUT2D eigenvalue weighted by molar-refractivity contribution is 9.12. The van der Waals surface area contributed by atoms with Crippen molar-refractivity contribution < 1.29 is 23.9 Å². The van der Waals surface area contributed by atoms with E-state index in [1.54, 1.807) is 6.07 Å². The molecule has 2 aromatic rings. The topological polar surface area (TPSA) is 92.8 Å². The molecule has 3 aliphatic rings. The van der Waals surface area contributed by atoms with Crippen LogP contribution in [0, 0.1) is 23.7 Å². The molecule has 2 saturated carbocycles. The number of ether oxygens (including phenoxy) is 1. The molecule has 1 saturated heterocycles. The van der Waals surface area contributed by atoms with E-state index in [2.05, 4.69) is 37.2 Å². The van der Waals surface area contributed by atoms with Gasteiger partial charge in [0.1, 0.15) is 6.04 Å². The number of halogens is 2. The van der Waals surface area contributed by atoms with Crippen LogP contribution in [0.3, 0.4) is 0 Å². The number of esters is 1. The molecule has 0 spiro atoms. The van der Waals surface area contributed by atoms with Crippen LogP contribution in [0.1, 0.15) is 13.3 Å². The number of rotatable bonds is 5. The van der Waals surface area contributed by atoms with Crippen LogP contribution in [-0.4, -0.2) is 50.9 Å². The molecule has 0 unspecified atom stereocenters. The fourth-order valence-electron chi connectivity index (χ4n) is 5.64. The summed E-state index contributed by atoms with van der Waals surface area (Å²) in [7, 11) is 0. The monoisotopic (exact) mass is 576 g/mol. The summed E-state index contributed by atoms with van der Waals surface area (Å²) in [6, 6.07) is 12.1. The zero-order valence-electron chi connectivity index (χ0n) is 17.7. The molecule has 5 rings (SSSR count). The highest BCUT2D eigenvalue weighted by Gasteiger charge is 2.67. The van der Waals surface area contributed by atoms with E-state index in [-0.39, 0.29) is 33.3 Å². The van der Waals surface area contributed by atoms with E-state index in [1.165, 1.54) is 6.92 Å². The van der Waals surface area contributed by atoms with E-state index in [0.29, 0.717) is 5.69 Å². The van der Waals surface area contributed by atoms with Gasteiger partial charge >= 0.3 is 5.97 Å². The quantitative estimate of drug-likeness (QED) is 0.334. The van der Waals surface area contributed by atoms with E-state index < -0.39 is 36.4 Å². The second-order valence-corrected chi connectivity index (χ2v) is 11.0. The predicted molar refractivity (Wildman–Crippen MR) is 129 cm³/mol. The van der Waals surface area contributed by atoms with Gasteiger partial charge < -0.3 is 10.1 Å². The predicted octanol–water partition coefficient (Wildman–Crippen LogP) is 3.49. The Kier molecular flexibility index (Phi) is 5.81. The number of fused-ring (bicyclic) bond motifs is 6. The maximum atomic E-state index is 13.1. The number of imide groups is 1. The lowest BCUT2D eigenvalue weighted by atomic mass is 9.81. The molecule has 172 valence electrons. The minimum Gasteiger partial charge on any atom is -0.454 e. The fraction of sp³-hybridized carbons (Fsp3) is 0.417. The average Bonchev–Trinajstić information content (AvgIpc) is 3.42. The Balaban J connectivity index is 1.22. The maximum Gasteiger partial charge on any atom is 0.329 e. The molecule has 0 aromatic heterocycles. The van der Waals surface area contributed by atoms with Gasteiger partial charge in [-0.15, -0.1) is 0 Å². The largest absolute Gasteiger partial charge is 0.454 e. The molecule has 7 atom stereocenters. The van der Waals surface area contributed by atoms with Crippen LogP contribution in [-0.2, 0) is 23.9 Å². The number of anilines is 1. The fourth-order valence-corrected chi connectivity index (χ4v) is 7.51. The lowest BCUT2D eigenvalue weighted by molar-refractivity contribution is -0.159. The molecule has 2 bridgehead atoms. The molecule has 1 N–H and O–H groups in total. The van der Waals surface area contributed by atoms with Gasteiger partial charge in [-0.2, -0.15) is 0 Å². The Hall–Kier alpha value is -2.26. The molecule has 9 heteroatoms. The summed E-state index contributed by atoms with van der Waals surface area (Å²) < 4.78 is 5.18. The summed E-state index contributed by atoms with van der Waals surface area (Å²) in [6.07, 6.45) is 0.819. The normalized spacial score (nSPS) is 31.1. The highest BCUT2D eigenvalue weighted by atomic mass is 79.9. The molecule has 2 aromatic carbocycles. The number of carbonyl (C=O) groups excluding carboxylic acids is 4. The van der Waals surface area contributed by atoms with E-state index in [1.807, 2.05) is 36.4 Å². The van der Waals surface area contributed by atoms with Gasteiger partial charge in [-0.3, -0.25) is 19.3 Å². The standard InChI is InChI=1S/C24H22Br2N2O5/c1-11(28-22(30)18-14-9-15(19(18)23(28)31)21(26)20(14)25)24(32)33-10-17(29)27-16-8-4-6-12-5-2-3-7-13(12)16/h2-8,11,14-15,18-21H,9-10H2,1H3,(H,27,29)/t11-,14-,15-,18-,19+,20+,21+/m1/s1. The first kappa shape index (κ1) is 22.5. The molecule has 3 amide bonds. The number of hydrogen-bond acceptors (Lipinski definition) is 5. The third-order valence-electron chi connectivity index (χ3n) is 7.16. The number of benzene rings is 2. The minimum atomic E-state index is -1.08. The Morgan fingerprint density at radius 1 is 1.03 bits per heavy atom. The number of alkyl halides is 2. The van der Waals surface area contributed by atoms with Gasteiger partial charge in [-0.05, 0) is 36.6 Å². The van der Waals surface area contributed by atoms with Crippen LogP contribution in [0.4, 0.5) is 5.69 Å². The summed E-state index contributed by atoms with van der Waals surface area (Å²) >= 11 is 7.30. The third kappa shape index (κ3) is 3.60. The van der Waals surface area contributed by atoms with E-state index in [4.69, 9.17) is 4.74 Å². The SMILES string of the molecule is C[C@H](C(=O)OCC(=O)Nc1cccc2ccccc12)N1C(=O)[C@@H]2[C@H]3C[C@@H]([C@H](Br)[C@H]3Br)[C@@H]2C1=O. The summed E-state index contributed by atoms with van der Waals surface area (Å²) in [5.74, 6) is -2.55. The van der Waals surface area contributed by atoms with Crippen molar-refractivity contribution in [2.75, 3.05) is 11.9 Å². The molecule has 3 fully saturated rings. The number of hydrogen-bond donors (Lipinski definition) is 1. The summed E-state index contributed by atoms with van der Waals surface area (Å²) in [4.78, 5) is 52.5. The van der Waals surface area contributed by atoms with Crippen molar-refractivity contribution in [1.82, 2.24) is 4.90 Å². The number of likely N-dealkylation sites (tertiary alicyclic amines) is 1. The van der Waals surface area contributed by atoms with Gasteiger partial charge in [-0.1, -0.05) is 68.3 Å². The van der Waals surface area contributed by atoms with Crippen molar-refractivity contribution in [2.45, 2.75) is 29.0 Å². The van der Waals surface area contributed by atoms with Crippen LogP contribution < -0.4 is 5.32 Å². The van der Waals surface area contributed by atoms with Gasteiger partial charge in [0.25, 0.3) is 5.91 Å². The number of amides is 3. The molecule has 7 nitrogen and oxygen atoms in total. The first-order valence-corrected chi connectivity index (χ1v) is 12.7. The number of carbonyl (C=O) groups is 4. The van der Waals surface area contributed by atoms with E-state index >= 15 is 0 Å². The van der Waals surface area contributed by atoms with Crippen molar-refractivity contribution >= 4 is 72.0 Å². The Morgan fingerprint density at radius 3 is 2.30 bits per heavy atom. The van der Waals surface area contributed by atoms with Crippen molar-refractivity contribution in [3.05, 3.63) is 42.5 Å². The summed E-state index contributed by atoms with van der Waals surface area (Å²) in [5, 5.41) is 4.60. The second kappa shape index (κ2) is 8.51. The second-order valence-electron chi connectivity index (χ2n) is 8.91. The summed E-state index contributed by atoms with van der Waals surface area (Å²) in [6.45, 7) is 0.967. The van der Waals surface area contributed by atoms with Crippen LogP contribution in [0.2, 0.25) is 0 Å². The van der Waals surface area contributed by atoms with Gasteiger partial charge in [0.15, 0.2) is 6.61 Å². The Bertz CT molecular complexity index is 1130.